The molecule has 0 aromatic rings. The summed E-state index contributed by atoms with van der Waals surface area (Å²) in [7, 11) is 1.67. The second-order valence-corrected chi connectivity index (χ2v) is 3.75. The first-order valence-corrected chi connectivity index (χ1v) is 5.54. The molecule has 0 bridgehead atoms. The Morgan fingerprint density at radius 3 is 2.64 bits per heavy atom. The normalized spacial score (nSPS) is 19.9. The standard InChI is InChI=1S/C11H20N2O/c1-3-11(14-2)13-9-12-10-7-5-4-6-8-10/h10-11H,3-8H2,1-2H3. The van der Waals surface area contributed by atoms with E-state index in [0.717, 1.165) is 6.42 Å². The average Bonchev–Trinajstić information content (AvgIpc) is 2.26. The van der Waals surface area contributed by atoms with Gasteiger partial charge < -0.3 is 4.74 Å². The van der Waals surface area contributed by atoms with Crippen molar-refractivity contribution in [2.45, 2.75) is 57.7 Å². The fourth-order valence-corrected chi connectivity index (χ4v) is 1.70. The molecule has 0 amide bonds. The number of nitrogens with zero attached hydrogens (tertiary/aromatic N) is 2. The van der Waals surface area contributed by atoms with Gasteiger partial charge in [-0.3, -0.25) is 0 Å². The van der Waals surface area contributed by atoms with Crippen LogP contribution in [-0.2, 0) is 4.74 Å². The van der Waals surface area contributed by atoms with E-state index in [1.54, 1.807) is 7.11 Å². The van der Waals surface area contributed by atoms with E-state index in [2.05, 4.69) is 16.0 Å². The molecule has 1 aliphatic carbocycles. The number of hydrogen-bond acceptors (Lipinski definition) is 3. The number of methoxy groups -OCH3 is 1. The van der Waals surface area contributed by atoms with Crippen molar-refractivity contribution in [3.63, 3.8) is 0 Å². The number of aliphatic imine (C=N–C) groups is 2. The van der Waals surface area contributed by atoms with Gasteiger partial charge in [0.2, 0.25) is 0 Å². The van der Waals surface area contributed by atoms with Crippen molar-refractivity contribution in [1.82, 2.24) is 0 Å². The Labute approximate surface area is 86.3 Å². The van der Waals surface area contributed by atoms with Crippen LogP contribution in [0.4, 0.5) is 0 Å². The summed E-state index contributed by atoms with van der Waals surface area (Å²) in [4.78, 5) is 8.44. The third-order valence-corrected chi connectivity index (χ3v) is 2.64. The molecule has 1 unspecified atom stereocenters. The van der Waals surface area contributed by atoms with E-state index in [1.807, 2.05) is 6.92 Å². The number of ether oxygens (including phenoxy) is 1. The summed E-state index contributed by atoms with van der Waals surface area (Å²) in [6.45, 7) is 2.04. The van der Waals surface area contributed by atoms with Gasteiger partial charge in [-0.15, -0.1) is 0 Å². The highest BCUT2D eigenvalue weighted by Gasteiger charge is 2.10. The molecule has 14 heavy (non-hydrogen) atoms. The summed E-state index contributed by atoms with van der Waals surface area (Å²) in [6, 6.07) is 3.24. The molecule has 80 valence electrons. The van der Waals surface area contributed by atoms with Crippen molar-refractivity contribution in [3.05, 3.63) is 0 Å². The second kappa shape index (κ2) is 6.74. The molecular weight excluding hydrogens is 176 g/mol. The lowest BCUT2D eigenvalue weighted by Crippen LogP contribution is -2.09. The lowest BCUT2D eigenvalue weighted by molar-refractivity contribution is 0.108. The molecule has 0 aliphatic heterocycles. The maximum absolute atomic E-state index is 5.10. The van der Waals surface area contributed by atoms with Crippen molar-refractivity contribution >= 4 is 6.01 Å². The summed E-state index contributed by atoms with van der Waals surface area (Å²) in [5.74, 6) is 0. The first kappa shape index (κ1) is 11.4. The van der Waals surface area contributed by atoms with Gasteiger partial charge in [-0.1, -0.05) is 26.2 Å². The van der Waals surface area contributed by atoms with E-state index in [0.29, 0.717) is 6.04 Å². The lowest BCUT2D eigenvalue weighted by Gasteiger charge is -2.15. The molecule has 1 aliphatic rings. The Morgan fingerprint density at radius 2 is 2.07 bits per heavy atom. The van der Waals surface area contributed by atoms with Gasteiger partial charge in [-0.2, -0.15) is 4.99 Å². The van der Waals surface area contributed by atoms with E-state index < -0.39 is 0 Å². The first-order valence-electron chi connectivity index (χ1n) is 5.54. The molecule has 0 aromatic heterocycles. The van der Waals surface area contributed by atoms with Crippen LogP contribution < -0.4 is 0 Å². The van der Waals surface area contributed by atoms with Crippen molar-refractivity contribution in [2.75, 3.05) is 7.11 Å². The molecule has 0 saturated heterocycles. The third kappa shape index (κ3) is 4.03. The Kier molecular flexibility index (Phi) is 5.50. The zero-order valence-electron chi connectivity index (χ0n) is 9.20. The SMILES string of the molecule is CCC(N=C=NC1CCCCC1)OC. The van der Waals surface area contributed by atoms with Crippen molar-refractivity contribution < 1.29 is 4.74 Å². The molecule has 0 N–H and O–H groups in total. The predicted molar refractivity (Wildman–Crippen MR) is 57.8 cm³/mol. The van der Waals surface area contributed by atoms with Crippen LogP contribution in [0.1, 0.15) is 45.4 Å². The molecule has 3 nitrogen and oxygen atoms in total. The minimum atomic E-state index is -0.0673. The number of hydrogen-bond donors (Lipinski definition) is 0. The van der Waals surface area contributed by atoms with Gasteiger partial charge in [0.1, 0.15) is 0 Å². The highest BCUT2D eigenvalue weighted by molar-refractivity contribution is 5.41. The van der Waals surface area contributed by atoms with Crippen molar-refractivity contribution in [1.29, 1.82) is 0 Å². The van der Waals surface area contributed by atoms with Gasteiger partial charge in [0, 0.05) is 7.11 Å². The molecule has 0 radical (unpaired) electrons. The summed E-state index contributed by atoms with van der Waals surface area (Å²) < 4.78 is 5.10. The molecule has 0 aromatic carbocycles. The van der Waals surface area contributed by atoms with Crippen molar-refractivity contribution in [3.8, 4) is 0 Å². The molecule has 0 heterocycles. The first-order chi connectivity index (χ1) is 6.86. The second-order valence-electron chi connectivity index (χ2n) is 3.75. The summed E-state index contributed by atoms with van der Waals surface area (Å²) >= 11 is 0. The highest BCUT2D eigenvalue weighted by Crippen LogP contribution is 2.19. The van der Waals surface area contributed by atoms with Crippen LogP contribution in [0.25, 0.3) is 0 Å². The van der Waals surface area contributed by atoms with Gasteiger partial charge in [-0.05, 0) is 19.3 Å². The lowest BCUT2D eigenvalue weighted by atomic mass is 9.96. The molecule has 1 fully saturated rings. The largest absolute Gasteiger partial charge is 0.359 e. The highest BCUT2D eigenvalue weighted by atomic mass is 16.5. The summed E-state index contributed by atoms with van der Waals surface area (Å²) in [5.41, 5.74) is 0. The molecule has 1 rings (SSSR count). The van der Waals surface area contributed by atoms with E-state index >= 15 is 0 Å². The van der Waals surface area contributed by atoms with Gasteiger partial charge in [-0.25, -0.2) is 4.99 Å². The summed E-state index contributed by atoms with van der Waals surface area (Å²) in [6.07, 6.45) is 7.18. The van der Waals surface area contributed by atoms with Gasteiger partial charge in [0.25, 0.3) is 0 Å². The fraction of sp³-hybridized carbons (Fsp3) is 0.909. The fourth-order valence-electron chi connectivity index (χ4n) is 1.70. The Bertz CT molecular complexity index is 199. The van der Waals surface area contributed by atoms with Gasteiger partial charge in [0.05, 0.1) is 12.1 Å². The minimum absolute atomic E-state index is 0.0673. The summed E-state index contributed by atoms with van der Waals surface area (Å²) in [5, 5.41) is 0. The smallest absolute Gasteiger partial charge is 0.158 e. The van der Waals surface area contributed by atoms with Crippen LogP contribution in [0.15, 0.2) is 9.98 Å². The van der Waals surface area contributed by atoms with Crippen LogP contribution in [0.2, 0.25) is 0 Å². The van der Waals surface area contributed by atoms with E-state index in [9.17, 15) is 0 Å². The van der Waals surface area contributed by atoms with Crippen molar-refractivity contribution in [2.24, 2.45) is 9.98 Å². The van der Waals surface area contributed by atoms with Gasteiger partial charge >= 0.3 is 0 Å². The maximum atomic E-state index is 5.10. The van der Waals surface area contributed by atoms with Crippen LogP contribution >= 0.6 is 0 Å². The molecule has 0 spiro atoms. The molecule has 1 saturated carbocycles. The van der Waals surface area contributed by atoms with E-state index in [-0.39, 0.29) is 6.23 Å². The quantitative estimate of drug-likeness (QED) is 0.636. The van der Waals surface area contributed by atoms with Crippen LogP contribution in [0.3, 0.4) is 0 Å². The van der Waals surface area contributed by atoms with Crippen LogP contribution in [0, 0.1) is 0 Å². The minimum Gasteiger partial charge on any atom is -0.359 e. The Morgan fingerprint density at radius 1 is 1.36 bits per heavy atom. The Balaban J connectivity index is 2.35. The topological polar surface area (TPSA) is 34.0 Å². The molecule has 3 heteroatoms. The molecular formula is C11H20N2O. The average molecular weight is 196 g/mol. The monoisotopic (exact) mass is 196 g/mol. The maximum Gasteiger partial charge on any atom is 0.158 e. The van der Waals surface area contributed by atoms with E-state index in [1.165, 1.54) is 32.1 Å². The molecule has 1 atom stereocenters. The third-order valence-electron chi connectivity index (χ3n) is 2.64. The van der Waals surface area contributed by atoms with E-state index in [4.69, 9.17) is 4.74 Å². The Hall–Kier alpha value is -0.660. The van der Waals surface area contributed by atoms with Gasteiger partial charge in [0.15, 0.2) is 6.23 Å². The van der Waals surface area contributed by atoms with Crippen LogP contribution in [-0.4, -0.2) is 25.4 Å². The van der Waals surface area contributed by atoms with Crippen LogP contribution in [0.5, 0.6) is 0 Å². The zero-order valence-corrected chi connectivity index (χ0v) is 9.20. The number of rotatable bonds is 4. The zero-order chi connectivity index (χ0) is 10.2. The predicted octanol–water partition coefficient (Wildman–Crippen LogP) is 2.88.